The average molecular weight is 235 g/mol. The van der Waals surface area contributed by atoms with Gasteiger partial charge in [-0.15, -0.1) is 0 Å². The van der Waals surface area contributed by atoms with Gasteiger partial charge in [-0.3, -0.25) is 0 Å². The summed E-state index contributed by atoms with van der Waals surface area (Å²) in [5.74, 6) is -0.774. The van der Waals surface area contributed by atoms with Gasteiger partial charge in [-0.2, -0.15) is 0 Å². The van der Waals surface area contributed by atoms with Gasteiger partial charge in [0.05, 0.1) is 0 Å². The number of benzene rings is 1. The summed E-state index contributed by atoms with van der Waals surface area (Å²) in [4.78, 5) is 13.1. The van der Waals surface area contributed by atoms with E-state index in [0.717, 1.165) is 25.1 Å². The predicted octanol–water partition coefficient (Wildman–Crippen LogP) is 2.94. The van der Waals surface area contributed by atoms with Crippen LogP contribution in [0.2, 0.25) is 0 Å². The SMILES string of the molecule is CCCN(c1ccccc1CC)C(C)C(=O)O. The third-order valence-electron chi connectivity index (χ3n) is 2.97. The lowest BCUT2D eigenvalue weighted by atomic mass is 10.1. The van der Waals surface area contributed by atoms with Crippen molar-refractivity contribution in [2.45, 2.75) is 39.7 Å². The molecule has 0 saturated heterocycles. The fourth-order valence-electron chi connectivity index (χ4n) is 1.99. The molecule has 0 aliphatic heterocycles. The van der Waals surface area contributed by atoms with Gasteiger partial charge in [-0.05, 0) is 31.4 Å². The molecule has 0 heterocycles. The fraction of sp³-hybridized carbons (Fsp3) is 0.500. The predicted molar refractivity (Wildman–Crippen MR) is 70.6 cm³/mol. The molecule has 1 aromatic carbocycles. The minimum Gasteiger partial charge on any atom is -0.480 e. The largest absolute Gasteiger partial charge is 0.480 e. The quantitative estimate of drug-likeness (QED) is 0.824. The first-order valence-corrected chi connectivity index (χ1v) is 6.19. The zero-order chi connectivity index (χ0) is 12.8. The van der Waals surface area contributed by atoms with E-state index in [1.165, 1.54) is 5.56 Å². The summed E-state index contributed by atoms with van der Waals surface area (Å²) in [6.07, 6.45) is 1.86. The number of carboxylic acid groups (broad SMARTS) is 1. The number of carbonyl (C=O) groups is 1. The summed E-state index contributed by atoms with van der Waals surface area (Å²) in [5.41, 5.74) is 2.25. The van der Waals surface area contributed by atoms with Gasteiger partial charge in [0.2, 0.25) is 0 Å². The molecule has 1 rings (SSSR count). The van der Waals surface area contributed by atoms with Crippen molar-refractivity contribution in [3.8, 4) is 0 Å². The molecule has 0 spiro atoms. The smallest absolute Gasteiger partial charge is 0.326 e. The van der Waals surface area contributed by atoms with Crippen LogP contribution in [0.15, 0.2) is 24.3 Å². The Morgan fingerprint density at radius 2 is 2.00 bits per heavy atom. The second-order valence-corrected chi connectivity index (χ2v) is 4.19. The Labute approximate surface area is 103 Å². The minimum absolute atomic E-state index is 0.484. The second-order valence-electron chi connectivity index (χ2n) is 4.19. The van der Waals surface area contributed by atoms with Crippen molar-refractivity contribution in [2.75, 3.05) is 11.4 Å². The molecule has 0 radical (unpaired) electrons. The van der Waals surface area contributed by atoms with Gasteiger partial charge >= 0.3 is 5.97 Å². The van der Waals surface area contributed by atoms with Crippen LogP contribution in [0.4, 0.5) is 5.69 Å². The molecule has 1 unspecified atom stereocenters. The molecule has 0 aliphatic rings. The highest BCUT2D eigenvalue weighted by Crippen LogP contribution is 2.23. The number of aliphatic carboxylic acids is 1. The first-order chi connectivity index (χ1) is 8.11. The number of para-hydroxylation sites is 1. The van der Waals surface area contributed by atoms with Crippen molar-refractivity contribution in [3.63, 3.8) is 0 Å². The van der Waals surface area contributed by atoms with Crippen LogP contribution in [0, 0.1) is 0 Å². The number of anilines is 1. The topological polar surface area (TPSA) is 40.5 Å². The van der Waals surface area contributed by atoms with Crippen LogP contribution in [-0.2, 0) is 11.2 Å². The van der Waals surface area contributed by atoms with Crippen LogP contribution >= 0.6 is 0 Å². The van der Waals surface area contributed by atoms with E-state index in [0.29, 0.717) is 0 Å². The highest BCUT2D eigenvalue weighted by atomic mass is 16.4. The van der Waals surface area contributed by atoms with Gasteiger partial charge in [0.1, 0.15) is 6.04 Å². The molecule has 1 aromatic rings. The number of aryl methyl sites for hydroxylation is 1. The molecule has 94 valence electrons. The molecular weight excluding hydrogens is 214 g/mol. The molecule has 1 N–H and O–H groups in total. The Morgan fingerprint density at radius 3 is 2.53 bits per heavy atom. The van der Waals surface area contributed by atoms with Gasteiger partial charge in [-0.25, -0.2) is 4.79 Å². The first kappa shape index (κ1) is 13.6. The van der Waals surface area contributed by atoms with Crippen LogP contribution in [0.25, 0.3) is 0 Å². The summed E-state index contributed by atoms with van der Waals surface area (Å²) in [7, 11) is 0. The summed E-state index contributed by atoms with van der Waals surface area (Å²) in [5, 5.41) is 9.16. The van der Waals surface area contributed by atoms with Crippen molar-refractivity contribution < 1.29 is 9.90 Å². The van der Waals surface area contributed by atoms with E-state index in [1.807, 2.05) is 23.1 Å². The summed E-state index contributed by atoms with van der Waals surface area (Å²) in [6.45, 7) is 6.67. The van der Waals surface area contributed by atoms with Crippen molar-refractivity contribution in [1.82, 2.24) is 0 Å². The van der Waals surface area contributed by atoms with Crippen LogP contribution in [0.5, 0.6) is 0 Å². The summed E-state index contributed by atoms with van der Waals surface area (Å²) >= 11 is 0. The average Bonchev–Trinajstić information content (AvgIpc) is 2.35. The third kappa shape index (κ3) is 3.22. The molecule has 0 bridgehead atoms. The summed E-state index contributed by atoms with van der Waals surface area (Å²) in [6, 6.07) is 7.55. The van der Waals surface area contributed by atoms with Gasteiger partial charge in [0.15, 0.2) is 0 Å². The second kappa shape index (κ2) is 6.28. The number of rotatable bonds is 6. The first-order valence-electron chi connectivity index (χ1n) is 6.19. The Morgan fingerprint density at radius 1 is 1.35 bits per heavy atom. The van der Waals surface area contributed by atoms with Crippen molar-refractivity contribution in [2.24, 2.45) is 0 Å². The molecule has 0 aromatic heterocycles. The number of carboxylic acids is 1. The van der Waals surface area contributed by atoms with Gasteiger partial charge in [-0.1, -0.05) is 32.0 Å². The monoisotopic (exact) mass is 235 g/mol. The van der Waals surface area contributed by atoms with Crippen LogP contribution in [0.3, 0.4) is 0 Å². The highest BCUT2D eigenvalue weighted by molar-refractivity contribution is 5.78. The molecule has 3 nitrogen and oxygen atoms in total. The van der Waals surface area contributed by atoms with E-state index in [2.05, 4.69) is 19.9 Å². The zero-order valence-electron chi connectivity index (χ0n) is 10.8. The molecule has 3 heteroatoms. The number of hydrogen-bond donors (Lipinski definition) is 1. The van der Waals surface area contributed by atoms with Gasteiger partial charge in [0.25, 0.3) is 0 Å². The van der Waals surface area contributed by atoms with E-state index in [4.69, 9.17) is 5.11 Å². The maximum absolute atomic E-state index is 11.1. The molecule has 0 amide bonds. The van der Waals surface area contributed by atoms with Gasteiger partial charge in [0, 0.05) is 12.2 Å². The Balaban J connectivity index is 3.08. The molecule has 0 aliphatic carbocycles. The minimum atomic E-state index is -0.774. The zero-order valence-corrected chi connectivity index (χ0v) is 10.8. The third-order valence-corrected chi connectivity index (χ3v) is 2.97. The standard InChI is InChI=1S/C14H21NO2/c1-4-10-15(11(3)14(16)17)13-9-7-6-8-12(13)5-2/h6-9,11H,4-5,10H2,1-3H3,(H,16,17). The van der Waals surface area contributed by atoms with E-state index in [1.54, 1.807) is 6.92 Å². The molecule has 1 atom stereocenters. The van der Waals surface area contributed by atoms with Crippen molar-refractivity contribution in [1.29, 1.82) is 0 Å². The van der Waals surface area contributed by atoms with Crippen molar-refractivity contribution in [3.05, 3.63) is 29.8 Å². The Bertz CT molecular complexity index is 376. The van der Waals surface area contributed by atoms with Crippen LogP contribution in [-0.4, -0.2) is 23.7 Å². The lowest BCUT2D eigenvalue weighted by Gasteiger charge is -2.30. The molecule has 0 saturated carbocycles. The van der Waals surface area contributed by atoms with E-state index in [-0.39, 0.29) is 0 Å². The highest BCUT2D eigenvalue weighted by Gasteiger charge is 2.21. The normalized spacial score (nSPS) is 12.2. The maximum atomic E-state index is 11.1. The molecule has 17 heavy (non-hydrogen) atoms. The number of hydrogen-bond acceptors (Lipinski definition) is 2. The van der Waals surface area contributed by atoms with Crippen LogP contribution < -0.4 is 4.90 Å². The lowest BCUT2D eigenvalue weighted by molar-refractivity contribution is -0.138. The summed E-state index contributed by atoms with van der Waals surface area (Å²) < 4.78 is 0. The lowest BCUT2D eigenvalue weighted by Crippen LogP contribution is -2.40. The number of nitrogens with zero attached hydrogens (tertiary/aromatic N) is 1. The molecule has 0 fully saturated rings. The van der Waals surface area contributed by atoms with E-state index in [9.17, 15) is 4.79 Å². The van der Waals surface area contributed by atoms with Crippen LogP contribution in [0.1, 0.15) is 32.8 Å². The van der Waals surface area contributed by atoms with E-state index >= 15 is 0 Å². The Hall–Kier alpha value is -1.51. The van der Waals surface area contributed by atoms with Gasteiger partial charge < -0.3 is 10.0 Å². The van der Waals surface area contributed by atoms with Crippen molar-refractivity contribution >= 4 is 11.7 Å². The molecular formula is C14H21NO2. The van der Waals surface area contributed by atoms with E-state index < -0.39 is 12.0 Å². The maximum Gasteiger partial charge on any atom is 0.326 e. The fourth-order valence-corrected chi connectivity index (χ4v) is 1.99. The Kier molecular flexibility index (Phi) is 5.01.